The van der Waals surface area contributed by atoms with Gasteiger partial charge < -0.3 is 5.11 Å². The Balaban J connectivity index is 2.24. The first kappa shape index (κ1) is 13.1. The third-order valence-corrected chi connectivity index (χ3v) is 5.99. The predicted octanol–water partition coefficient (Wildman–Crippen LogP) is 2.45. The molecule has 0 amide bonds. The molecule has 1 N–H and O–H groups in total. The fraction of sp³-hybridized carbons (Fsp3) is 0.500. The van der Waals surface area contributed by atoms with Gasteiger partial charge in [0.25, 0.3) is 0 Å². The van der Waals surface area contributed by atoms with Crippen LogP contribution in [0.15, 0.2) is 28.7 Å². The predicted molar refractivity (Wildman–Crippen MR) is 70.5 cm³/mol. The van der Waals surface area contributed by atoms with Crippen LogP contribution in [0.25, 0.3) is 0 Å². The molecule has 1 heterocycles. The van der Waals surface area contributed by atoms with E-state index in [1.165, 1.54) is 0 Å². The largest absolute Gasteiger partial charge is 0.387 e. The van der Waals surface area contributed by atoms with Gasteiger partial charge in [-0.25, -0.2) is 8.42 Å². The molecule has 0 bridgehead atoms. The summed E-state index contributed by atoms with van der Waals surface area (Å²) in [6, 6.07) is 7.15. The Hall–Kier alpha value is -0.390. The first-order valence-electron chi connectivity index (χ1n) is 5.66. The van der Waals surface area contributed by atoms with E-state index in [1.807, 2.05) is 12.1 Å². The summed E-state index contributed by atoms with van der Waals surface area (Å²) in [5.74, 6) is 0.200. The van der Waals surface area contributed by atoms with E-state index in [1.54, 1.807) is 12.1 Å². The van der Waals surface area contributed by atoms with Gasteiger partial charge in [-0.2, -0.15) is 0 Å². The molecule has 2 rings (SSSR count). The van der Waals surface area contributed by atoms with Gasteiger partial charge in [-0.05, 0) is 30.5 Å². The Bertz CT molecular complexity index is 481. The monoisotopic (exact) mass is 318 g/mol. The Labute approximate surface area is 110 Å². The summed E-state index contributed by atoms with van der Waals surface area (Å²) in [6.07, 6.45) is 1.23. The van der Waals surface area contributed by atoms with Crippen LogP contribution in [0.1, 0.15) is 30.9 Å². The third-order valence-electron chi connectivity index (χ3n) is 3.19. The summed E-state index contributed by atoms with van der Waals surface area (Å²) in [4.78, 5) is 0. The van der Waals surface area contributed by atoms with Crippen LogP contribution in [0, 0.1) is 0 Å². The highest BCUT2D eigenvalue weighted by molar-refractivity contribution is 9.10. The van der Waals surface area contributed by atoms with Crippen LogP contribution in [0.3, 0.4) is 0 Å². The molecule has 0 aromatic heterocycles. The molecular formula is C12H15BrO3S. The highest BCUT2D eigenvalue weighted by Crippen LogP contribution is 2.31. The molecule has 2 atom stereocenters. The fourth-order valence-corrected chi connectivity index (χ4v) is 4.46. The zero-order chi connectivity index (χ0) is 12.5. The second-order valence-electron chi connectivity index (χ2n) is 4.40. The Morgan fingerprint density at radius 3 is 2.47 bits per heavy atom. The Morgan fingerprint density at radius 1 is 1.24 bits per heavy atom. The van der Waals surface area contributed by atoms with Gasteiger partial charge in [0.2, 0.25) is 0 Å². The molecule has 94 valence electrons. The molecule has 0 saturated carbocycles. The van der Waals surface area contributed by atoms with Crippen LogP contribution in [0.4, 0.5) is 0 Å². The first-order chi connectivity index (χ1) is 8.00. The molecular weight excluding hydrogens is 304 g/mol. The average Bonchev–Trinajstić information content (AvgIpc) is 2.28. The average molecular weight is 319 g/mol. The Morgan fingerprint density at radius 2 is 1.88 bits per heavy atom. The van der Waals surface area contributed by atoms with Crippen LogP contribution in [-0.2, 0) is 9.84 Å². The fourth-order valence-electron chi connectivity index (χ4n) is 2.21. The molecule has 2 unspecified atom stereocenters. The Kier molecular flexibility index (Phi) is 3.90. The minimum absolute atomic E-state index is 0.200. The number of hydrogen-bond acceptors (Lipinski definition) is 3. The summed E-state index contributed by atoms with van der Waals surface area (Å²) in [5.41, 5.74) is 0.670. The minimum atomic E-state index is -3.14. The van der Waals surface area contributed by atoms with Crippen LogP contribution in [0.2, 0.25) is 0 Å². The standard InChI is InChI=1S/C12H15BrO3S/c13-10-6-4-9(5-7-10)12(14)11-3-1-2-8-17(11,15)16/h4-7,11-12,14H,1-3,8H2. The van der Waals surface area contributed by atoms with E-state index in [2.05, 4.69) is 15.9 Å². The van der Waals surface area contributed by atoms with Crippen LogP contribution in [-0.4, -0.2) is 24.5 Å². The van der Waals surface area contributed by atoms with Crippen molar-refractivity contribution < 1.29 is 13.5 Å². The van der Waals surface area contributed by atoms with E-state index >= 15 is 0 Å². The van der Waals surface area contributed by atoms with E-state index in [0.29, 0.717) is 18.4 Å². The molecule has 0 radical (unpaired) electrons. The maximum atomic E-state index is 11.9. The quantitative estimate of drug-likeness (QED) is 0.911. The lowest BCUT2D eigenvalue weighted by Crippen LogP contribution is -2.33. The van der Waals surface area contributed by atoms with Gasteiger partial charge in [0, 0.05) is 4.47 Å². The molecule has 0 spiro atoms. The molecule has 3 nitrogen and oxygen atoms in total. The number of aliphatic hydroxyl groups is 1. The molecule has 0 aliphatic carbocycles. The molecule has 1 aromatic rings. The van der Waals surface area contributed by atoms with Crippen molar-refractivity contribution in [1.29, 1.82) is 0 Å². The molecule has 1 saturated heterocycles. The highest BCUT2D eigenvalue weighted by atomic mass is 79.9. The van der Waals surface area contributed by atoms with E-state index in [-0.39, 0.29) is 5.75 Å². The van der Waals surface area contributed by atoms with Gasteiger partial charge in [0.15, 0.2) is 9.84 Å². The SMILES string of the molecule is O=S1(=O)CCCCC1C(O)c1ccc(Br)cc1. The van der Waals surface area contributed by atoms with Crippen LogP contribution in [0.5, 0.6) is 0 Å². The number of sulfone groups is 1. The van der Waals surface area contributed by atoms with Gasteiger partial charge in [0.05, 0.1) is 17.1 Å². The molecule has 1 aromatic carbocycles. The normalized spacial score (nSPS) is 25.4. The third kappa shape index (κ3) is 2.89. The second kappa shape index (κ2) is 5.08. The molecule has 1 fully saturated rings. The first-order valence-corrected chi connectivity index (χ1v) is 8.16. The van der Waals surface area contributed by atoms with Gasteiger partial charge in [0.1, 0.15) is 0 Å². The van der Waals surface area contributed by atoms with Crippen molar-refractivity contribution in [2.75, 3.05) is 5.75 Å². The van der Waals surface area contributed by atoms with Gasteiger partial charge in [-0.15, -0.1) is 0 Å². The molecule has 1 aliphatic heterocycles. The van der Waals surface area contributed by atoms with Gasteiger partial charge in [-0.3, -0.25) is 0 Å². The van der Waals surface area contributed by atoms with Crippen LogP contribution >= 0.6 is 15.9 Å². The zero-order valence-electron chi connectivity index (χ0n) is 9.34. The highest BCUT2D eigenvalue weighted by Gasteiger charge is 2.35. The van der Waals surface area contributed by atoms with Crippen molar-refractivity contribution in [3.05, 3.63) is 34.3 Å². The number of hydrogen-bond donors (Lipinski definition) is 1. The number of halogens is 1. The number of benzene rings is 1. The number of rotatable bonds is 2. The molecule has 5 heteroatoms. The van der Waals surface area contributed by atoms with E-state index < -0.39 is 21.2 Å². The smallest absolute Gasteiger partial charge is 0.156 e. The van der Waals surface area contributed by atoms with Gasteiger partial charge in [-0.1, -0.05) is 34.5 Å². The van der Waals surface area contributed by atoms with Crippen molar-refractivity contribution >= 4 is 25.8 Å². The maximum absolute atomic E-state index is 11.9. The second-order valence-corrected chi connectivity index (χ2v) is 7.65. The van der Waals surface area contributed by atoms with Gasteiger partial charge >= 0.3 is 0 Å². The summed E-state index contributed by atoms with van der Waals surface area (Å²) in [5, 5.41) is 9.54. The molecule has 1 aliphatic rings. The maximum Gasteiger partial charge on any atom is 0.156 e. The van der Waals surface area contributed by atoms with Crippen molar-refractivity contribution in [1.82, 2.24) is 0 Å². The minimum Gasteiger partial charge on any atom is -0.387 e. The summed E-state index contributed by atoms with van der Waals surface area (Å²) in [7, 11) is -3.14. The summed E-state index contributed by atoms with van der Waals surface area (Å²) in [6.45, 7) is 0. The van der Waals surface area contributed by atoms with E-state index in [0.717, 1.165) is 10.9 Å². The molecule has 17 heavy (non-hydrogen) atoms. The van der Waals surface area contributed by atoms with Crippen molar-refractivity contribution in [3.8, 4) is 0 Å². The van der Waals surface area contributed by atoms with E-state index in [4.69, 9.17) is 0 Å². The van der Waals surface area contributed by atoms with Crippen molar-refractivity contribution in [3.63, 3.8) is 0 Å². The number of aliphatic hydroxyl groups excluding tert-OH is 1. The lowest BCUT2D eigenvalue weighted by Gasteiger charge is -2.26. The lowest BCUT2D eigenvalue weighted by atomic mass is 10.0. The topological polar surface area (TPSA) is 54.4 Å². The summed E-state index contributed by atoms with van der Waals surface area (Å²) < 4.78 is 24.7. The van der Waals surface area contributed by atoms with Crippen molar-refractivity contribution in [2.24, 2.45) is 0 Å². The van der Waals surface area contributed by atoms with E-state index in [9.17, 15) is 13.5 Å². The van der Waals surface area contributed by atoms with Crippen molar-refractivity contribution in [2.45, 2.75) is 30.6 Å². The lowest BCUT2D eigenvalue weighted by molar-refractivity contribution is 0.164. The summed E-state index contributed by atoms with van der Waals surface area (Å²) >= 11 is 3.31. The zero-order valence-corrected chi connectivity index (χ0v) is 11.7. The van der Waals surface area contributed by atoms with Crippen LogP contribution < -0.4 is 0 Å².